The smallest absolute Gasteiger partial charge is 0.410 e. The van der Waals surface area contributed by atoms with Gasteiger partial charge in [0.2, 0.25) is 0 Å². The summed E-state index contributed by atoms with van der Waals surface area (Å²) in [7, 11) is 0. The molecular weight excluding hydrogens is 208 g/mol. The van der Waals surface area contributed by atoms with E-state index in [2.05, 4.69) is 0 Å². The monoisotopic (exact) mass is 228 g/mol. The fraction of sp³-hybridized carbons (Fsp3) is 0.818. The number of hydrogen-bond acceptors (Lipinski definition) is 4. The fourth-order valence-corrected chi connectivity index (χ4v) is 1.55. The Labute approximate surface area is 95.9 Å². The fourth-order valence-electron chi connectivity index (χ4n) is 1.55. The van der Waals surface area contributed by atoms with Crippen LogP contribution in [0.4, 0.5) is 4.79 Å². The van der Waals surface area contributed by atoms with E-state index in [0.717, 1.165) is 0 Å². The Balaban J connectivity index is 2.59. The first kappa shape index (κ1) is 13.0. The molecule has 1 heterocycles. The minimum Gasteiger partial charge on any atom is -0.444 e. The van der Waals surface area contributed by atoms with Crippen LogP contribution >= 0.6 is 0 Å². The van der Waals surface area contributed by atoms with Crippen LogP contribution in [-0.4, -0.2) is 41.5 Å². The highest BCUT2D eigenvalue weighted by atomic mass is 16.6. The van der Waals surface area contributed by atoms with Gasteiger partial charge < -0.3 is 15.4 Å². The van der Waals surface area contributed by atoms with Crippen LogP contribution in [0.3, 0.4) is 0 Å². The van der Waals surface area contributed by atoms with E-state index in [-0.39, 0.29) is 12.3 Å². The molecule has 5 nitrogen and oxygen atoms in total. The third kappa shape index (κ3) is 3.81. The Kier molecular flexibility index (Phi) is 3.91. The van der Waals surface area contributed by atoms with Crippen molar-refractivity contribution in [3.63, 3.8) is 0 Å². The maximum absolute atomic E-state index is 11.8. The lowest BCUT2D eigenvalue weighted by Crippen LogP contribution is -2.44. The zero-order valence-electron chi connectivity index (χ0n) is 10.2. The Morgan fingerprint density at radius 3 is 2.69 bits per heavy atom. The largest absolute Gasteiger partial charge is 0.444 e. The summed E-state index contributed by atoms with van der Waals surface area (Å²) >= 11 is 0. The van der Waals surface area contributed by atoms with Crippen LogP contribution in [-0.2, 0) is 9.53 Å². The molecule has 1 saturated heterocycles. The summed E-state index contributed by atoms with van der Waals surface area (Å²) in [5, 5.41) is 0. The van der Waals surface area contributed by atoms with E-state index in [1.54, 1.807) is 0 Å². The predicted octanol–water partition coefficient (Wildman–Crippen LogP) is 0.914. The highest BCUT2D eigenvalue weighted by Crippen LogP contribution is 2.13. The van der Waals surface area contributed by atoms with Crippen LogP contribution in [0.1, 0.15) is 33.6 Å². The second-order valence-corrected chi connectivity index (χ2v) is 5.10. The number of rotatable bonds is 0. The van der Waals surface area contributed by atoms with Crippen molar-refractivity contribution >= 4 is 11.9 Å². The predicted molar refractivity (Wildman–Crippen MR) is 60.0 cm³/mol. The molecule has 0 saturated carbocycles. The summed E-state index contributed by atoms with van der Waals surface area (Å²) in [4.78, 5) is 24.6. The van der Waals surface area contributed by atoms with E-state index >= 15 is 0 Å². The number of ether oxygens (including phenoxy) is 1. The number of likely N-dealkylation sites (tertiary alicyclic amines) is 1. The van der Waals surface area contributed by atoms with Gasteiger partial charge in [0, 0.05) is 19.5 Å². The van der Waals surface area contributed by atoms with Gasteiger partial charge in [-0.25, -0.2) is 4.79 Å². The Morgan fingerprint density at radius 1 is 1.50 bits per heavy atom. The van der Waals surface area contributed by atoms with Crippen LogP contribution < -0.4 is 5.73 Å². The number of Topliss-reactive ketones (excluding diaryl/α,β-unsaturated/α-hetero) is 1. The first-order chi connectivity index (χ1) is 7.29. The first-order valence-electron chi connectivity index (χ1n) is 5.56. The van der Waals surface area contributed by atoms with Crippen LogP contribution in [0.25, 0.3) is 0 Å². The van der Waals surface area contributed by atoms with Crippen LogP contribution in [0.5, 0.6) is 0 Å². The van der Waals surface area contributed by atoms with Crippen molar-refractivity contribution in [2.24, 2.45) is 5.73 Å². The van der Waals surface area contributed by atoms with E-state index in [1.807, 2.05) is 20.8 Å². The van der Waals surface area contributed by atoms with Gasteiger partial charge in [0.25, 0.3) is 0 Å². The van der Waals surface area contributed by atoms with Gasteiger partial charge in [0.15, 0.2) is 5.78 Å². The standard InChI is InChI=1S/C11H20N2O3/c1-11(2,3)16-10(15)13-6-4-5-9(14)8(12)7-13/h8H,4-7,12H2,1-3H3. The topological polar surface area (TPSA) is 72.6 Å². The average Bonchev–Trinajstić information content (AvgIpc) is 2.27. The molecule has 2 N–H and O–H groups in total. The molecule has 0 aromatic rings. The molecule has 0 bridgehead atoms. The molecule has 1 unspecified atom stereocenters. The second kappa shape index (κ2) is 4.82. The summed E-state index contributed by atoms with van der Waals surface area (Å²) < 4.78 is 5.24. The van der Waals surface area contributed by atoms with Crippen molar-refractivity contribution in [1.82, 2.24) is 4.90 Å². The third-order valence-electron chi connectivity index (χ3n) is 2.33. The Morgan fingerprint density at radius 2 is 2.12 bits per heavy atom. The van der Waals surface area contributed by atoms with Crippen molar-refractivity contribution in [3.8, 4) is 0 Å². The number of amides is 1. The molecular formula is C11H20N2O3. The van der Waals surface area contributed by atoms with Crippen LogP contribution in [0.15, 0.2) is 0 Å². The van der Waals surface area contributed by atoms with Gasteiger partial charge in [-0.05, 0) is 27.2 Å². The number of ketones is 1. The van der Waals surface area contributed by atoms with Crippen LogP contribution in [0.2, 0.25) is 0 Å². The SMILES string of the molecule is CC(C)(C)OC(=O)N1CCCC(=O)C(N)C1. The molecule has 1 rings (SSSR count). The summed E-state index contributed by atoms with van der Waals surface area (Å²) in [6, 6.07) is -0.574. The summed E-state index contributed by atoms with van der Waals surface area (Å²) in [5.74, 6) is 0.0195. The van der Waals surface area contributed by atoms with Crippen molar-refractivity contribution in [1.29, 1.82) is 0 Å². The maximum Gasteiger partial charge on any atom is 0.410 e. The molecule has 1 fully saturated rings. The van der Waals surface area contributed by atoms with E-state index < -0.39 is 17.7 Å². The molecule has 16 heavy (non-hydrogen) atoms. The molecule has 1 amide bonds. The molecule has 0 radical (unpaired) electrons. The summed E-state index contributed by atoms with van der Waals surface area (Å²) in [6.45, 7) is 6.23. The summed E-state index contributed by atoms with van der Waals surface area (Å²) in [6.07, 6.45) is 0.712. The van der Waals surface area contributed by atoms with E-state index in [4.69, 9.17) is 10.5 Å². The minimum absolute atomic E-state index is 0.0195. The number of carbonyl (C=O) groups is 2. The quantitative estimate of drug-likeness (QED) is 0.669. The van der Waals surface area contributed by atoms with Crippen molar-refractivity contribution in [2.45, 2.75) is 45.3 Å². The van der Waals surface area contributed by atoms with Crippen molar-refractivity contribution in [3.05, 3.63) is 0 Å². The maximum atomic E-state index is 11.8. The van der Waals surface area contributed by atoms with Gasteiger partial charge in [-0.3, -0.25) is 4.79 Å². The van der Waals surface area contributed by atoms with Crippen molar-refractivity contribution < 1.29 is 14.3 Å². The lowest BCUT2D eigenvalue weighted by atomic mass is 10.1. The van der Waals surface area contributed by atoms with Gasteiger partial charge in [0.05, 0.1) is 6.04 Å². The zero-order chi connectivity index (χ0) is 12.3. The molecule has 92 valence electrons. The normalized spacial score (nSPS) is 22.9. The van der Waals surface area contributed by atoms with Gasteiger partial charge in [-0.1, -0.05) is 0 Å². The number of hydrogen-bond donors (Lipinski definition) is 1. The number of carbonyl (C=O) groups excluding carboxylic acids is 2. The highest BCUT2D eigenvalue weighted by molar-refractivity contribution is 5.85. The molecule has 0 aromatic heterocycles. The lowest BCUT2D eigenvalue weighted by Gasteiger charge is -2.27. The molecule has 0 aromatic carbocycles. The number of nitrogens with zero attached hydrogens (tertiary/aromatic N) is 1. The highest BCUT2D eigenvalue weighted by Gasteiger charge is 2.28. The van der Waals surface area contributed by atoms with E-state index in [0.29, 0.717) is 19.4 Å². The third-order valence-corrected chi connectivity index (χ3v) is 2.33. The molecule has 1 aliphatic rings. The molecule has 0 aliphatic carbocycles. The van der Waals surface area contributed by atoms with Gasteiger partial charge in [-0.15, -0.1) is 0 Å². The molecule has 0 spiro atoms. The van der Waals surface area contributed by atoms with Gasteiger partial charge in [-0.2, -0.15) is 0 Å². The molecule has 1 atom stereocenters. The average molecular weight is 228 g/mol. The van der Waals surface area contributed by atoms with Gasteiger partial charge >= 0.3 is 6.09 Å². The minimum atomic E-state index is -0.574. The van der Waals surface area contributed by atoms with E-state index in [9.17, 15) is 9.59 Å². The number of nitrogens with two attached hydrogens (primary N) is 1. The van der Waals surface area contributed by atoms with Crippen LogP contribution in [0, 0.1) is 0 Å². The second-order valence-electron chi connectivity index (χ2n) is 5.10. The Hall–Kier alpha value is -1.10. The molecule has 5 heteroatoms. The summed E-state index contributed by atoms with van der Waals surface area (Å²) in [5.41, 5.74) is 5.15. The van der Waals surface area contributed by atoms with Gasteiger partial charge in [0.1, 0.15) is 5.60 Å². The first-order valence-corrected chi connectivity index (χ1v) is 5.56. The molecule has 1 aliphatic heterocycles. The van der Waals surface area contributed by atoms with Crippen molar-refractivity contribution in [2.75, 3.05) is 13.1 Å². The lowest BCUT2D eigenvalue weighted by molar-refractivity contribution is -0.120. The zero-order valence-corrected chi connectivity index (χ0v) is 10.2. The Bertz CT molecular complexity index is 283. The van der Waals surface area contributed by atoms with E-state index in [1.165, 1.54) is 4.90 Å².